The van der Waals surface area contributed by atoms with Gasteiger partial charge < -0.3 is 14.8 Å². The predicted molar refractivity (Wildman–Crippen MR) is 151 cm³/mol. The molecule has 0 bridgehead atoms. The maximum absolute atomic E-state index is 15.4. The number of nitrogens with one attached hydrogen (secondary N) is 1. The summed E-state index contributed by atoms with van der Waals surface area (Å²) in [7, 11) is -9.01. The van der Waals surface area contributed by atoms with Gasteiger partial charge in [-0.05, 0) is 43.3 Å². The number of ether oxygens (including phenoxy) is 2. The third kappa shape index (κ3) is 5.24. The average molecular weight is 630 g/mol. The van der Waals surface area contributed by atoms with E-state index in [9.17, 15) is 26.4 Å². The van der Waals surface area contributed by atoms with Crippen molar-refractivity contribution in [3.8, 4) is 0 Å². The van der Waals surface area contributed by atoms with Gasteiger partial charge in [0.1, 0.15) is 23.9 Å². The molecule has 216 valence electrons. The molecule has 42 heavy (non-hydrogen) atoms. The maximum atomic E-state index is 15.4. The molecule has 0 unspecified atom stereocenters. The lowest BCUT2D eigenvalue weighted by molar-refractivity contribution is -0.139. The predicted octanol–water partition coefficient (Wildman–Crippen LogP) is 4.57. The zero-order valence-electron chi connectivity index (χ0n) is 21.8. The Kier molecular flexibility index (Phi) is 7.80. The van der Waals surface area contributed by atoms with E-state index < -0.39 is 81.1 Å². The Balaban J connectivity index is 1.61. The van der Waals surface area contributed by atoms with Crippen LogP contribution in [0, 0.1) is 5.82 Å². The molecule has 3 aromatic carbocycles. The highest BCUT2D eigenvalue weighted by Gasteiger charge is 2.43. The highest BCUT2D eigenvalue weighted by atomic mass is 35.5. The van der Waals surface area contributed by atoms with Gasteiger partial charge in [0.2, 0.25) is 19.7 Å². The molecule has 1 N–H and O–H groups in total. The van der Waals surface area contributed by atoms with E-state index in [0.717, 1.165) is 23.6 Å². The number of carbonyl (C=O) groups excluding carboxylic acids is 2. The van der Waals surface area contributed by atoms with Crippen LogP contribution < -0.4 is 5.32 Å². The summed E-state index contributed by atoms with van der Waals surface area (Å²) in [6, 6.07) is 16.7. The van der Waals surface area contributed by atoms with E-state index in [0.29, 0.717) is 0 Å². The zero-order valence-corrected chi connectivity index (χ0v) is 24.1. The second kappa shape index (κ2) is 11.2. The van der Waals surface area contributed by atoms with Gasteiger partial charge in [-0.25, -0.2) is 30.8 Å². The number of halogens is 2. The van der Waals surface area contributed by atoms with Gasteiger partial charge in [-0.1, -0.05) is 48.0 Å². The van der Waals surface area contributed by atoms with Crippen LogP contribution in [0.4, 0.5) is 4.39 Å². The van der Waals surface area contributed by atoms with Crippen molar-refractivity contribution in [2.75, 3.05) is 13.2 Å². The minimum absolute atomic E-state index is 0.0260. The van der Waals surface area contributed by atoms with Crippen LogP contribution >= 0.6 is 11.6 Å². The number of allylic oxidation sites excluding steroid dienone is 1. The fourth-order valence-corrected chi connectivity index (χ4v) is 8.51. The SMILES string of the molecule is CC1=C(C(=O)OCCOC(=O)c2ccccc2)C(c2c(F)cccc2Cl)=C2C(=CS(=O)(=O)c3ccccc3S2(=O)=O)N1. The Bertz CT molecular complexity index is 1930. The first kappa shape index (κ1) is 29.2. The summed E-state index contributed by atoms with van der Waals surface area (Å²) in [6.45, 7) is 0.616. The Labute approximate surface area is 245 Å². The molecule has 0 radical (unpaired) electrons. The van der Waals surface area contributed by atoms with Gasteiger partial charge in [-0.15, -0.1) is 0 Å². The Hall–Kier alpha value is -4.26. The van der Waals surface area contributed by atoms with E-state index in [4.69, 9.17) is 21.1 Å². The lowest BCUT2D eigenvalue weighted by Gasteiger charge is -2.27. The minimum Gasteiger partial charge on any atom is -0.458 e. The number of carbonyl (C=O) groups is 2. The number of sulfone groups is 2. The van der Waals surface area contributed by atoms with Crippen LogP contribution in [-0.4, -0.2) is 42.0 Å². The number of benzene rings is 3. The molecular formula is C29H21ClFNO8S2. The molecule has 2 heterocycles. The molecule has 0 saturated carbocycles. The van der Waals surface area contributed by atoms with E-state index in [1.807, 2.05) is 0 Å². The van der Waals surface area contributed by atoms with Crippen molar-refractivity contribution < 1.29 is 40.3 Å². The van der Waals surface area contributed by atoms with Crippen molar-refractivity contribution in [1.29, 1.82) is 0 Å². The smallest absolute Gasteiger partial charge is 0.340 e. The Morgan fingerprint density at radius 1 is 0.833 bits per heavy atom. The summed E-state index contributed by atoms with van der Waals surface area (Å²) in [5.74, 6) is -2.70. The van der Waals surface area contributed by atoms with Crippen molar-refractivity contribution in [1.82, 2.24) is 5.32 Å². The summed E-state index contributed by atoms with van der Waals surface area (Å²) in [5.41, 5.74) is -1.45. The van der Waals surface area contributed by atoms with Gasteiger partial charge in [-0.3, -0.25) is 0 Å². The van der Waals surface area contributed by atoms with Gasteiger partial charge in [-0.2, -0.15) is 0 Å². The molecule has 0 aliphatic carbocycles. The van der Waals surface area contributed by atoms with Gasteiger partial charge in [0, 0.05) is 16.8 Å². The van der Waals surface area contributed by atoms with E-state index >= 15 is 4.39 Å². The molecule has 13 heteroatoms. The molecule has 0 spiro atoms. The fourth-order valence-electron chi connectivity index (χ4n) is 4.58. The lowest BCUT2D eigenvalue weighted by Crippen LogP contribution is -2.29. The van der Waals surface area contributed by atoms with Crippen LogP contribution in [0.1, 0.15) is 22.8 Å². The van der Waals surface area contributed by atoms with Crippen LogP contribution in [0.5, 0.6) is 0 Å². The quantitative estimate of drug-likeness (QED) is 0.307. The number of hydrogen-bond donors (Lipinski definition) is 1. The number of esters is 2. The summed E-state index contributed by atoms with van der Waals surface area (Å²) in [6.07, 6.45) is 0. The zero-order chi connectivity index (χ0) is 30.2. The monoisotopic (exact) mass is 629 g/mol. The van der Waals surface area contributed by atoms with E-state index in [1.165, 1.54) is 31.2 Å². The van der Waals surface area contributed by atoms with Crippen LogP contribution in [0.3, 0.4) is 0 Å². The third-order valence-electron chi connectivity index (χ3n) is 6.38. The van der Waals surface area contributed by atoms with Crippen molar-refractivity contribution in [2.45, 2.75) is 16.7 Å². The molecule has 3 aromatic rings. The largest absolute Gasteiger partial charge is 0.458 e. The molecule has 0 aromatic heterocycles. The molecule has 2 aliphatic heterocycles. The summed E-state index contributed by atoms with van der Waals surface area (Å²) < 4.78 is 80.5. The topological polar surface area (TPSA) is 133 Å². The van der Waals surface area contributed by atoms with Crippen molar-refractivity contribution in [3.05, 3.63) is 122 Å². The van der Waals surface area contributed by atoms with E-state index in [1.54, 1.807) is 30.3 Å². The molecule has 2 aliphatic rings. The molecule has 9 nitrogen and oxygen atoms in total. The summed E-state index contributed by atoms with van der Waals surface area (Å²) >= 11 is 6.36. The number of hydrogen-bond acceptors (Lipinski definition) is 9. The molecule has 0 atom stereocenters. The standard InChI is InChI=1S/C29H21ClFNO8S2/c1-17-24(29(34)40-15-14-39-28(33)18-8-3-2-4-9-18)26(25-19(30)10-7-11-20(25)31)27-21(32-17)16-41(35,36)22-12-5-6-13-23(22)42(27,37)38/h2-13,16,32H,14-15H2,1H3. The maximum Gasteiger partial charge on any atom is 0.340 e. The molecular weight excluding hydrogens is 609 g/mol. The fraction of sp³-hybridized carbons (Fsp3) is 0.103. The Morgan fingerprint density at radius 3 is 2.12 bits per heavy atom. The van der Waals surface area contributed by atoms with Crippen LogP contribution in [0.15, 0.2) is 110 Å². The average Bonchev–Trinajstić information content (AvgIpc) is 3.01. The first-order valence-electron chi connectivity index (χ1n) is 12.3. The van der Waals surface area contributed by atoms with Gasteiger partial charge in [0.05, 0.1) is 37.1 Å². The second-order valence-corrected chi connectivity index (χ2v) is 13.1. The molecule has 0 saturated heterocycles. The second-order valence-electron chi connectivity index (χ2n) is 9.09. The van der Waals surface area contributed by atoms with Gasteiger partial charge in [0.15, 0.2) is 0 Å². The number of rotatable bonds is 6. The van der Waals surface area contributed by atoms with Crippen molar-refractivity contribution in [2.24, 2.45) is 0 Å². The number of fused-ring (bicyclic) bond motifs is 2. The normalized spacial score (nSPS) is 16.8. The minimum atomic E-state index is -4.71. The molecule has 0 amide bonds. The first-order chi connectivity index (χ1) is 19.9. The van der Waals surface area contributed by atoms with Crippen LogP contribution in [-0.2, 0) is 33.9 Å². The third-order valence-corrected chi connectivity index (χ3v) is 10.2. The van der Waals surface area contributed by atoms with E-state index in [2.05, 4.69) is 5.32 Å². The molecule has 0 fully saturated rings. The number of dihydropyridines is 1. The van der Waals surface area contributed by atoms with E-state index in [-0.39, 0.29) is 22.9 Å². The van der Waals surface area contributed by atoms with Crippen LogP contribution in [0.25, 0.3) is 5.57 Å². The lowest BCUT2D eigenvalue weighted by atomic mass is 9.92. The Morgan fingerprint density at radius 2 is 1.45 bits per heavy atom. The van der Waals surface area contributed by atoms with Crippen molar-refractivity contribution in [3.63, 3.8) is 0 Å². The highest BCUT2D eigenvalue weighted by molar-refractivity contribution is 7.99. The van der Waals surface area contributed by atoms with Gasteiger partial charge in [0.25, 0.3) is 0 Å². The van der Waals surface area contributed by atoms with Crippen LogP contribution in [0.2, 0.25) is 5.02 Å². The summed E-state index contributed by atoms with van der Waals surface area (Å²) in [5, 5.41) is 3.16. The first-order valence-corrected chi connectivity index (χ1v) is 15.7. The summed E-state index contributed by atoms with van der Waals surface area (Å²) in [4.78, 5) is 24.0. The molecule has 5 rings (SSSR count). The highest BCUT2D eigenvalue weighted by Crippen LogP contribution is 2.46. The van der Waals surface area contributed by atoms with Gasteiger partial charge >= 0.3 is 11.9 Å². The van der Waals surface area contributed by atoms with Crippen molar-refractivity contribution >= 4 is 48.8 Å².